The van der Waals surface area contributed by atoms with Gasteiger partial charge in [-0.1, -0.05) is 17.7 Å². The van der Waals surface area contributed by atoms with Crippen LogP contribution in [0.15, 0.2) is 33.9 Å². The van der Waals surface area contributed by atoms with Crippen LogP contribution < -0.4 is 10.0 Å². The lowest BCUT2D eigenvalue weighted by Gasteiger charge is -2.20. The number of benzene rings is 1. The summed E-state index contributed by atoms with van der Waals surface area (Å²) in [7, 11) is -1.94. The van der Waals surface area contributed by atoms with Crippen LogP contribution in [0.5, 0.6) is 0 Å². The smallest absolute Gasteiger partial charge is 0.273 e. The number of aryl methyl sites for hydroxylation is 2. The first-order valence-corrected chi connectivity index (χ1v) is 8.52. The molecule has 0 aliphatic rings. The van der Waals surface area contributed by atoms with Crippen LogP contribution in [0.25, 0.3) is 0 Å². The molecule has 0 atom stereocenters. The van der Waals surface area contributed by atoms with E-state index >= 15 is 0 Å². The number of sulfonamides is 1. The van der Waals surface area contributed by atoms with Crippen molar-refractivity contribution < 1.29 is 8.42 Å². The normalized spacial score (nSPS) is 11.6. The van der Waals surface area contributed by atoms with Gasteiger partial charge < -0.3 is 5.73 Å². The summed E-state index contributed by atoms with van der Waals surface area (Å²) >= 11 is 1.20. The van der Waals surface area contributed by atoms with Crippen LogP contribution in [-0.2, 0) is 16.6 Å². The largest absolute Gasteiger partial charge is 0.326 e. The summed E-state index contributed by atoms with van der Waals surface area (Å²) < 4.78 is 26.8. The highest BCUT2D eigenvalue weighted by molar-refractivity contribution is 7.94. The third kappa shape index (κ3) is 2.72. The van der Waals surface area contributed by atoms with Gasteiger partial charge in [0.15, 0.2) is 0 Å². The molecule has 2 rings (SSSR count). The molecule has 20 heavy (non-hydrogen) atoms. The van der Waals surface area contributed by atoms with Crippen molar-refractivity contribution >= 4 is 27.0 Å². The molecule has 1 heterocycles. The second kappa shape index (κ2) is 5.55. The fraction of sp³-hybridized carbons (Fsp3) is 0.286. The van der Waals surface area contributed by atoms with Crippen LogP contribution in [0.2, 0.25) is 0 Å². The fourth-order valence-electron chi connectivity index (χ4n) is 2.02. The van der Waals surface area contributed by atoms with Crippen molar-refractivity contribution in [3.63, 3.8) is 0 Å². The predicted molar refractivity (Wildman–Crippen MR) is 83.7 cm³/mol. The zero-order valence-corrected chi connectivity index (χ0v) is 13.4. The molecule has 0 bridgehead atoms. The summed E-state index contributed by atoms with van der Waals surface area (Å²) in [6.07, 6.45) is 0. The summed E-state index contributed by atoms with van der Waals surface area (Å²) in [5.41, 5.74) is 9.11. The van der Waals surface area contributed by atoms with Crippen LogP contribution in [0.1, 0.15) is 16.7 Å². The molecule has 4 nitrogen and oxygen atoms in total. The molecule has 2 aromatic rings. The van der Waals surface area contributed by atoms with Gasteiger partial charge >= 0.3 is 0 Å². The minimum atomic E-state index is -3.52. The van der Waals surface area contributed by atoms with Crippen LogP contribution >= 0.6 is 11.3 Å². The van der Waals surface area contributed by atoms with Crippen LogP contribution in [-0.4, -0.2) is 15.5 Å². The Balaban J connectivity index is 2.43. The highest BCUT2D eigenvalue weighted by Gasteiger charge is 2.24. The summed E-state index contributed by atoms with van der Waals surface area (Å²) in [6.45, 7) is 4.24. The monoisotopic (exact) mass is 310 g/mol. The number of rotatable bonds is 4. The standard InChI is InChI=1S/C14H18N2O2S2/c1-10-4-5-13(11(2)6-10)16(3)20(17,18)14-7-12(8-15)9-19-14/h4-7,9H,8,15H2,1-3H3. The topological polar surface area (TPSA) is 63.4 Å². The van der Waals surface area contributed by atoms with Crippen molar-refractivity contribution in [2.45, 2.75) is 24.6 Å². The second-order valence-corrected chi connectivity index (χ2v) is 7.85. The molecule has 2 N–H and O–H groups in total. The number of nitrogens with zero attached hydrogens (tertiary/aromatic N) is 1. The van der Waals surface area contributed by atoms with Gasteiger partial charge in [-0.15, -0.1) is 11.3 Å². The minimum absolute atomic E-state index is 0.320. The van der Waals surface area contributed by atoms with Crippen molar-refractivity contribution in [1.29, 1.82) is 0 Å². The van der Waals surface area contributed by atoms with Gasteiger partial charge in [0, 0.05) is 13.6 Å². The van der Waals surface area contributed by atoms with E-state index in [9.17, 15) is 8.42 Å². The summed E-state index contributed by atoms with van der Waals surface area (Å²) in [5.74, 6) is 0. The van der Waals surface area contributed by atoms with E-state index in [1.165, 1.54) is 15.6 Å². The van der Waals surface area contributed by atoms with Gasteiger partial charge in [-0.3, -0.25) is 4.31 Å². The van der Waals surface area contributed by atoms with Crippen molar-refractivity contribution in [3.05, 3.63) is 46.3 Å². The lowest BCUT2D eigenvalue weighted by atomic mass is 10.1. The maximum absolute atomic E-state index is 12.6. The second-order valence-electron chi connectivity index (χ2n) is 4.74. The number of thiophene rings is 1. The van der Waals surface area contributed by atoms with Gasteiger partial charge in [0.1, 0.15) is 4.21 Å². The van der Waals surface area contributed by atoms with Gasteiger partial charge in [-0.05, 0) is 42.5 Å². The lowest BCUT2D eigenvalue weighted by Crippen LogP contribution is -2.26. The Bertz CT molecular complexity index is 721. The summed E-state index contributed by atoms with van der Waals surface area (Å²) in [6, 6.07) is 7.36. The lowest BCUT2D eigenvalue weighted by molar-refractivity contribution is 0.596. The van der Waals surface area contributed by atoms with Gasteiger partial charge in [0.05, 0.1) is 5.69 Å². The molecule has 0 fully saturated rings. The molecule has 108 valence electrons. The van der Waals surface area contributed by atoms with Gasteiger partial charge in [-0.2, -0.15) is 0 Å². The van der Waals surface area contributed by atoms with E-state index in [0.717, 1.165) is 16.7 Å². The Morgan fingerprint density at radius 3 is 2.50 bits per heavy atom. The first kappa shape index (κ1) is 15.0. The minimum Gasteiger partial charge on any atom is -0.326 e. The Morgan fingerprint density at radius 2 is 1.95 bits per heavy atom. The molecule has 0 unspecified atom stereocenters. The van der Waals surface area contributed by atoms with Crippen LogP contribution in [0.4, 0.5) is 5.69 Å². The van der Waals surface area contributed by atoms with E-state index in [-0.39, 0.29) is 0 Å². The molecule has 6 heteroatoms. The zero-order valence-electron chi connectivity index (χ0n) is 11.8. The molecule has 0 aliphatic heterocycles. The molecule has 0 radical (unpaired) electrons. The van der Waals surface area contributed by atoms with Gasteiger partial charge in [-0.25, -0.2) is 8.42 Å². The molecule has 1 aromatic carbocycles. The van der Waals surface area contributed by atoms with E-state index in [2.05, 4.69) is 0 Å². The van der Waals surface area contributed by atoms with Gasteiger partial charge in [0.2, 0.25) is 0 Å². The highest BCUT2D eigenvalue weighted by Crippen LogP contribution is 2.29. The van der Waals surface area contributed by atoms with E-state index < -0.39 is 10.0 Å². The Hall–Kier alpha value is -1.37. The SMILES string of the molecule is Cc1ccc(N(C)S(=O)(=O)c2cc(CN)cs2)c(C)c1. The van der Waals surface area contributed by atoms with E-state index in [1.807, 2.05) is 32.0 Å². The summed E-state index contributed by atoms with van der Waals surface area (Å²) in [4.78, 5) is 0. The first-order chi connectivity index (χ1) is 9.36. The van der Waals surface area contributed by atoms with Gasteiger partial charge in [0.25, 0.3) is 10.0 Å². The van der Waals surface area contributed by atoms with Crippen molar-refractivity contribution in [3.8, 4) is 0 Å². The molecule has 0 saturated carbocycles. The fourth-order valence-corrected chi connectivity index (χ4v) is 4.67. The van der Waals surface area contributed by atoms with Crippen molar-refractivity contribution in [2.24, 2.45) is 5.73 Å². The number of anilines is 1. The average Bonchev–Trinajstić information content (AvgIpc) is 2.87. The third-order valence-corrected chi connectivity index (χ3v) is 6.41. The maximum atomic E-state index is 12.6. The summed E-state index contributed by atoms with van der Waals surface area (Å²) in [5, 5.41) is 1.78. The van der Waals surface area contributed by atoms with E-state index in [1.54, 1.807) is 18.5 Å². The van der Waals surface area contributed by atoms with E-state index in [4.69, 9.17) is 5.73 Å². The Morgan fingerprint density at radius 1 is 1.25 bits per heavy atom. The van der Waals surface area contributed by atoms with Crippen LogP contribution in [0, 0.1) is 13.8 Å². The molecule has 0 spiro atoms. The molecule has 0 saturated heterocycles. The third-order valence-electron chi connectivity index (χ3n) is 3.17. The molecule has 0 amide bonds. The van der Waals surface area contributed by atoms with E-state index in [0.29, 0.717) is 16.4 Å². The number of hydrogen-bond acceptors (Lipinski definition) is 4. The highest BCUT2D eigenvalue weighted by atomic mass is 32.2. The Labute approximate surface area is 123 Å². The number of hydrogen-bond donors (Lipinski definition) is 1. The van der Waals surface area contributed by atoms with Crippen molar-refractivity contribution in [2.75, 3.05) is 11.4 Å². The maximum Gasteiger partial charge on any atom is 0.273 e. The van der Waals surface area contributed by atoms with Crippen LogP contribution in [0.3, 0.4) is 0 Å². The Kier molecular flexibility index (Phi) is 4.17. The molecule has 1 aromatic heterocycles. The first-order valence-electron chi connectivity index (χ1n) is 6.20. The average molecular weight is 310 g/mol. The van der Waals surface area contributed by atoms with Crippen molar-refractivity contribution in [1.82, 2.24) is 0 Å². The molecule has 0 aliphatic carbocycles. The number of nitrogens with two attached hydrogens (primary N) is 1. The molecular weight excluding hydrogens is 292 g/mol. The molecular formula is C14H18N2O2S2. The zero-order chi connectivity index (χ0) is 14.9. The quantitative estimate of drug-likeness (QED) is 0.944. The predicted octanol–water partition coefficient (Wildman–Crippen LogP) is 2.65.